The highest BCUT2D eigenvalue weighted by atomic mass is 79.9. The number of amides is 3. The average Bonchev–Trinajstić information content (AvgIpc) is 3.51. The number of fused-ring (bicyclic) bond motifs is 1. The molecule has 1 spiro atoms. The number of alkyl halides is 1. The second-order valence-electron chi connectivity index (χ2n) is 11.4. The topological polar surface area (TPSA) is 108 Å². The lowest BCUT2D eigenvalue weighted by Gasteiger charge is -2.35. The van der Waals surface area contributed by atoms with Crippen LogP contribution in [0.3, 0.4) is 0 Å². The van der Waals surface area contributed by atoms with Crippen LogP contribution in [0.15, 0.2) is 30.3 Å². The number of nitrogens with one attached hydrogen (secondary N) is 2. The smallest absolute Gasteiger partial charge is 0.246 e. The summed E-state index contributed by atoms with van der Waals surface area (Å²) >= 11 is 3.74. The Balaban J connectivity index is 1.37. The molecule has 1 aromatic carbocycles. The molecule has 4 aliphatic rings. The van der Waals surface area contributed by atoms with Gasteiger partial charge in [-0.3, -0.25) is 14.4 Å². The Labute approximate surface area is 233 Å². The lowest BCUT2D eigenvalue weighted by atomic mass is 9.70. The van der Waals surface area contributed by atoms with Crippen molar-refractivity contribution < 1.29 is 24.2 Å². The first kappa shape index (κ1) is 27.6. The van der Waals surface area contributed by atoms with Crippen molar-refractivity contribution in [2.45, 2.75) is 99.4 Å². The first-order valence-electron chi connectivity index (χ1n) is 14.3. The van der Waals surface area contributed by atoms with Crippen LogP contribution in [0, 0.1) is 11.8 Å². The fraction of sp³-hybridized carbons (Fsp3) is 0.690. The van der Waals surface area contributed by atoms with Crippen LogP contribution in [0.4, 0.5) is 0 Å². The van der Waals surface area contributed by atoms with Gasteiger partial charge in [0.2, 0.25) is 17.7 Å². The second-order valence-corrected chi connectivity index (χ2v) is 12.6. The number of ether oxygens (including phenoxy) is 1. The number of nitrogens with zero attached hydrogens (tertiary/aromatic N) is 1. The Kier molecular flexibility index (Phi) is 8.75. The zero-order valence-electron chi connectivity index (χ0n) is 21.9. The van der Waals surface area contributed by atoms with Crippen molar-refractivity contribution in [3.63, 3.8) is 0 Å². The van der Waals surface area contributed by atoms with Crippen LogP contribution in [0.1, 0.15) is 69.8 Å². The van der Waals surface area contributed by atoms with E-state index in [4.69, 9.17) is 9.84 Å². The number of carbonyl (C=O) groups is 3. The number of hydrogen-bond donors (Lipinski definition) is 3. The number of halogens is 1. The van der Waals surface area contributed by atoms with Gasteiger partial charge in [0.1, 0.15) is 11.6 Å². The third-order valence-electron chi connectivity index (χ3n) is 8.91. The van der Waals surface area contributed by atoms with E-state index in [1.807, 2.05) is 30.3 Å². The van der Waals surface area contributed by atoms with Crippen molar-refractivity contribution in [2.24, 2.45) is 11.8 Å². The molecule has 6 atom stereocenters. The number of unbranched alkanes of at least 4 members (excludes halogenated alkanes) is 3. The summed E-state index contributed by atoms with van der Waals surface area (Å²) in [5.74, 6) is -1.80. The number of aliphatic hydroxyl groups is 1. The molecule has 3 N–H and O–H groups in total. The quantitative estimate of drug-likeness (QED) is 0.271. The summed E-state index contributed by atoms with van der Waals surface area (Å²) in [4.78, 5) is 43.1. The number of rotatable bonds is 11. The number of hydrogen-bond acceptors (Lipinski definition) is 5. The number of benzene rings is 1. The fourth-order valence-electron chi connectivity index (χ4n) is 7.15. The van der Waals surface area contributed by atoms with Gasteiger partial charge in [-0.1, -0.05) is 78.4 Å². The van der Waals surface area contributed by atoms with Gasteiger partial charge < -0.3 is 25.4 Å². The molecule has 0 radical (unpaired) electrons. The maximum Gasteiger partial charge on any atom is 0.246 e. The highest BCUT2D eigenvalue weighted by Crippen LogP contribution is 2.60. The Morgan fingerprint density at radius 1 is 1.05 bits per heavy atom. The van der Waals surface area contributed by atoms with Crippen LogP contribution >= 0.6 is 15.9 Å². The molecule has 3 saturated heterocycles. The van der Waals surface area contributed by atoms with Gasteiger partial charge in [-0.15, -0.1) is 0 Å². The van der Waals surface area contributed by atoms with Gasteiger partial charge >= 0.3 is 0 Å². The van der Waals surface area contributed by atoms with E-state index in [1.165, 1.54) is 6.42 Å². The maximum atomic E-state index is 14.0. The molecule has 38 heavy (non-hydrogen) atoms. The Morgan fingerprint density at radius 2 is 1.79 bits per heavy atom. The SMILES string of the molecule is O=C(NC1CCCCC1)C1N(CCCCCCO)C(=O)[C@@H]2[C@H](C(=O)NCc3ccccc3)[C@H]3OC12CC3Br. The van der Waals surface area contributed by atoms with Crippen molar-refractivity contribution >= 4 is 33.7 Å². The maximum absolute atomic E-state index is 14.0. The van der Waals surface area contributed by atoms with Gasteiger partial charge in [0, 0.05) is 30.6 Å². The molecule has 8 nitrogen and oxygen atoms in total. The summed E-state index contributed by atoms with van der Waals surface area (Å²) in [5, 5.41) is 15.4. The van der Waals surface area contributed by atoms with Crippen molar-refractivity contribution in [2.75, 3.05) is 13.2 Å². The van der Waals surface area contributed by atoms with Crippen LogP contribution < -0.4 is 10.6 Å². The minimum Gasteiger partial charge on any atom is -0.396 e. The summed E-state index contributed by atoms with van der Waals surface area (Å²) < 4.78 is 6.59. The third kappa shape index (κ3) is 5.26. The largest absolute Gasteiger partial charge is 0.396 e. The van der Waals surface area contributed by atoms with Gasteiger partial charge in [0.15, 0.2) is 0 Å². The number of aliphatic hydroxyl groups excluding tert-OH is 1. The molecule has 0 aromatic heterocycles. The van der Waals surface area contributed by atoms with E-state index >= 15 is 0 Å². The summed E-state index contributed by atoms with van der Waals surface area (Å²) in [7, 11) is 0. The molecule has 1 aromatic rings. The molecule has 1 saturated carbocycles. The molecule has 4 fully saturated rings. The molecule has 1 aliphatic carbocycles. The minimum atomic E-state index is -1.01. The van der Waals surface area contributed by atoms with E-state index in [-0.39, 0.29) is 35.2 Å². The lowest BCUT2D eigenvalue weighted by molar-refractivity contribution is -0.142. The van der Waals surface area contributed by atoms with E-state index < -0.39 is 29.6 Å². The highest BCUT2D eigenvalue weighted by Gasteiger charge is 2.76. The Morgan fingerprint density at radius 3 is 2.53 bits per heavy atom. The molecule has 3 aliphatic heterocycles. The van der Waals surface area contributed by atoms with Gasteiger partial charge in [0.05, 0.1) is 17.9 Å². The van der Waals surface area contributed by atoms with Crippen molar-refractivity contribution in [3.8, 4) is 0 Å². The monoisotopic (exact) mass is 589 g/mol. The third-order valence-corrected chi connectivity index (χ3v) is 9.75. The number of likely N-dealkylation sites (tertiary alicyclic amines) is 1. The lowest BCUT2D eigenvalue weighted by Crippen LogP contribution is -2.57. The molecular weight excluding hydrogens is 550 g/mol. The second kappa shape index (κ2) is 12.0. The Hall–Kier alpha value is -1.97. The van der Waals surface area contributed by atoms with Gasteiger partial charge in [-0.25, -0.2) is 0 Å². The average molecular weight is 591 g/mol. The molecule has 3 heterocycles. The summed E-state index contributed by atoms with van der Waals surface area (Å²) in [6.45, 7) is 0.983. The van der Waals surface area contributed by atoms with E-state index in [0.29, 0.717) is 19.5 Å². The van der Waals surface area contributed by atoms with E-state index in [9.17, 15) is 14.4 Å². The van der Waals surface area contributed by atoms with E-state index in [2.05, 4.69) is 26.6 Å². The van der Waals surface area contributed by atoms with Gasteiger partial charge in [-0.05, 0) is 37.7 Å². The molecule has 208 valence electrons. The zero-order valence-corrected chi connectivity index (χ0v) is 23.5. The molecule has 3 amide bonds. The standard InChI is InChI=1S/C29H40BrN3O5/c30-21-17-29-23(22(24(21)38-29)26(35)31-18-19-11-5-3-6-12-19)28(37)33(15-9-1-2-10-16-34)25(29)27(36)32-20-13-7-4-8-14-20/h3,5-6,11-12,20-25,34H,1-2,4,7-10,13-18H2,(H,31,35)(H,32,36)/t21?,22-,23-,24-,25?,29?/m0/s1. The van der Waals surface area contributed by atoms with Crippen LogP contribution in [-0.4, -0.2) is 69.5 Å². The molecular formula is C29H40BrN3O5. The predicted octanol–water partition coefficient (Wildman–Crippen LogP) is 3.05. The summed E-state index contributed by atoms with van der Waals surface area (Å²) in [6, 6.07) is 9.09. The normalized spacial score (nSPS) is 32.4. The van der Waals surface area contributed by atoms with Crippen LogP contribution in [0.5, 0.6) is 0 Å². The fourth-order valence-corrected chi connectivity index (χ4v) is 8.09. The molecule has 3 unspecified atom stereocenters. The van der Waals surface area contributed by atoms with Crippen molar-refractivity contribution in [3.05, 3.63) is 35.9 Å². The predicted molar refractivity (Wildman–Crippen MR) is 146 cm³/mol. The zero-order chi connectivity index (χ0) is 26.7. The summed E-state index contributed by atoms with van der Waals surface area (Å²) in [5.41, 5.74) is -0.0175. The first-order valence-corrected chi connectivity index (χ1v) is 15.2. The van der Waals surface area contributed by atoms with Crippen molar-refractivity contribution in [1.82, 2.24) is 15.5 Å². The van der Waals surface area contributed by atoms with Gasteiger partial charge in [-0.2, -0.15) is 0 Å². The van der Waals surface area contributed by atoms with E-state index in [1.54, 1.807) is 4.90 Å². The van der Waals surface area contributed by atoms with Crippen LogP contribution in [0.25, 0.3) is 0 Å². The van der Waals surface area contributed by atoms with Crippen LogP contribution in [0.2, 0.25) is 0 Å². The molecule has 5 rings (SSSR count). The molecule has 9 heteroatoms. The minimum absolute atomic E-state index is 0.103. The van der Waals surface area contributed by atoms with Gasteiger partial charge in [0.25, 0.3) is 0 Å². The molecule has 2 bridgehead atoms. The van der Waals surface area contributed by atoms with Crippen LogP contribution in [-0.2, 0) is 25.7 Å². The number of carbonyl (C=O) groups excluding carboxylic acids is 3. The Bertz CT molecular complexity index is 1000. The first-order chi connectivity index (χ1) is 18.5. The highest BCUT2D eigenvalue weighted by molar-refractivity contribution is 9.09. The summed E-state index contributed by atoms with van der Waals surface area (Å²) in [6.07, 6.45) is 8.60. The van der Waals surface area contributed by atoms with E-state index in [0.717, 1.165) is 56.9 Å². The van der Waals surface area contributed by atoms with Crippen molar-refractivity contribution in [1.29, 1.82) is 0 Å².